The van der Waals surface area contributed by atoms with Crippen LogP contribution >= 0.6 is 11.3 Å². The molecule has 9 rings (SSSR count). The highest BCUT2D eigenvalue weighted by atomic mass is 32.1. The molecule has 1 aliphatic carbocycles. The van der Waals surface area contributed by atoms with Gasteiger partial charge in [0.25, 0.3) is 0 Å². The number of rotatable bonds is 2. The number of nitrogens with zero attached hydrogens (tertiary/aromatic N) is 2. The van der Waals surface area contributed by atoms with Crippen LogP contribution in [0, 0.1) is 0 Å². The van der Waals surface area contributed by atoms with Gasteiger partial charge in [0.1, 0.15) is 5.82 Å². The Kier molecular flexibility index (Phi) is 4.58. The molecule has 0 fully saturated rings. The topological polar surface area (TPSA) is 17.8 Å². The lowest BCUT2D eigenvalue weighted by molar-refractivity contribution is 0.660. The molecule has 0 amide bonds. The van der Waals surface area contributed by atoms with Crippen molar-refractivity contribution in [2.75, 3.05) is 0 Å². The third-order valence-corrected chi connectivity index (χ3v) is 10.2. The molecule has 5 aromatic carbocycles. The maximum atomic E-state index is 5.05. The molecule has 3 heteroatoms. The number of pyridine rings is 1. The average Bonchev–Trinajstić information content (AvgIpc) is 3.61. The number of hydrogen-bond donors (Lipinski definition) is 0. The summed E-state index contributed by atoms with van der Waals surface area (Å²) in [4.78, 5) is 5.05. The lowest BCUT2D eigenvalue weighted by atomic mass is 9.82. The standard InChI is InChI=1S/C38H26N2S/c1-38(2)31-12-6-3-9-25(31)28-19-23(15-17-32(28)38)24-16-18-37(39-22-24)40-33-13-7-4-10-26(33)29-20-30-27-11-5-8-14-35(27)41-36(30)21-34(29)40/h3-22H,1-2H3. The zero-order valence-corrected chi connectivity index (χ0v) is 23.7. The Morgan fingerprint density at radius 1 is 0.561 bits per heavy atom. The summed E-state index contributed by atoms with van der Waals surface area (Å²) in [5.41, 5.74) is 10.2. The van der Waals surface area contributed by atoms with Crippen LogP contribution in [0.5, 0.6) is 0 Å². The second-order valence-electron chi connectivity index (χ2n) is 11.7. The van der Waals surface area contributed by atoms with Crippen LogP contribution in [0.1, 0.15) is 25.0 Å². The maximum absolute atomic E-state index is 5.05. The van der Waals surface area contributed by atoms with Gasteiger partial charge in [0.15, 0.2) is 0 Å². The van der Waals surface area contributed by atoms with E-state index in [2.05, 4.69) is 134 Å². The van der Waals surface area contributed by atoms with Crippen LogP contribution in [0.4, 0.5) is 0 Å². The van der Waals surface area contributed by atoms with E-state index < -0.39 is 0 Å². The summed E-state index contributed by atoms with van der Waals surface area (Å²) >= 11 is 1.86. The Morgan fingerprint density at radius 3 is 2.20 bits per heavy atom. The number of para-hydroxylation sites is 1. The van der Waals surface area contributed by atoms with Gasteiger partial charge in [-0.1, -0.05) is 86.6 Å². The number of thiophene rings is 1. The van der Waals surface area contributed by atoms with Crippen LogP contribution in [0.25, 0.3) is 70.0 Å². The van der Waals surface area contributed by atoms with Crippen LogP contribution in [-0.4, -0.2) is 9.55 Å². The summed E-state index contributed by atoms with van der Waals surface area (Å²) in [6.45, 7) is 4.65. The number of aromatic nitrogens is 2. The van der Waals surface area contributed by atoms with E-state index in [1.807, 2.05) is 17.5 Å². The fraction of sp³-hybridized carbons (Fsp3) is 0.0789. The highest BCUT2D eigenvalue weighted by Gasteiger charge is 2.35. The Balaban J connectivity index is 1.20. The first-order valence-electron chi connectivity index (χ1n) is 14.1. The molecular weight excluding hydrogens is 516 g/mol. The molecule has 0 saturated carbocycles. The molecule has 0 unspecified atom stereocenters. The fourth-order valence-electron chi connectivity index (χ4n) is 7.02. The Labute approximate surface area is 242 Å². The van der Waals surface area contributed by atoms with Crippen molar-refractivity contribution in [2.45, 2.75) is 19.3 Å². The van der Waals surface area contributed by atoms with E-state index in [1.54, 1.807) is 0 Å². The van der Waals surface area contributed by atoms with Gasteiger partial charge >= 0.3 is 0 Å². The van der Waals surface area contributed by atoms with Crippen molar-refractivity contribution in [1.82, 2.24) is 9.55 Å². The summed E-state index contributed by atoms with van der Waals surface area (Å²) in [5, 5.41) is 5.17. The number of hydrogen-bond acceptors (Lipinski definition) is 2. The lowest BCUT2D eigenvalue weighted by Gasteiger charge is -2.21. The first-order valence-corrected chi connectivity index (χ1v) is 15.0. The molecule has 3 aromatic heterocycles. The van der Waals surface area contributed by atoms with Crippen molar-refractivity contribution in [3.63, 3.8) is 0 Å². The second-order valence-corrected chi connectivity index (χ2v) is 12.7. The van der Waals surface area contributed by atoms with Gasteiger partial charge in [-0.2, -0.15) is 0 Å². The molecular formula is C38H26N2S. The van der Waals surface area contributed by atoms with Gasteiger partial charge in [0.2, 0.25) is 0 Å². The van der Waals surface area contributed by atoms with Crippen molar-refractivity contribution in [3.05, 3.63) is 133 Å². The van der Waals surface area contributed by atoms with E-state index in [9.17, 15) is 0 Å². The summed E-state index contributed by atoms with van der Waals surface area (Å²) in [7, 11) is 0. The molecule has 0 spiro atoms. The second kappa shape index (κ2) is 8.15. The zero-order chi connectivity index (χ0) is 27.3. The molecule has 0 N–H and O–H groups in total. The number of benzene rings is 5. The molecule has 0 atom stereocenters. The Hall–Kier alpha value is -4.73. The lowest BCUT2D eigenvalue weighted by Crippen LogP contribution is -2.14. The van der Waals surface area contributed by atoms with E-state index in [4.69, 9.17) is 4.98 Å². The quantitative estimate of drug-likeness (QED) is 0.212. The summed E-state index contributed by atoms with van der Waals surface area (Å²) in [6, 6.07) is 42.2. The summed E-state index contributed by atoms with van der Waals surface area (Å²) in [5.74, 6) is 0.938. The Bertz CT molecular complexity index is 2330. The Morgan fingerprint density at radius 2 is 1.32 bits per heavy atom. The van der Waals surface area contributed by atoms with Gasteiger partial charge < -0.3 is 0 Å². The average molecular weight is 543 g/mol. The van der Waals surface area contributed by atoms with Crippen molar-refractivity contribution in [3.8, 4) is 28.1 Å². The molecule has 8 aromatic rings. The van der Waals surface area contributed by atoms with E-state index in [0.717, 1.165) is 11.4 Å². The number of fused-ring (bicyclic) bond motifs is 9. The van der Waals surface area contributed by atoms with Gasteiger partial charge in [-0.3, -0.25) is 4.57 Å². The van der Waals surface area contributed by atoms with Crippen LogP contribution in [-0.2, 0) is 5.41 Å². The minimum Gasteiger partial charge on any atom is -0.294 e. The summed E-state index contributed by atoms with van der Waals surface area (Å²) in [6.07, 6.45) is 2.03. The van der Waals surface area contributed by atoms with Crippen molar-refractivity contribution in [2.24, 2.45) is 0 Å². The predicted molar refractivity (Wildman–Crippen MR) is 174 cm³/mol. The molecule has 1 aliphatic rings. The minimum absolute atomic E-state index is 0.0168. The molecule has 3 heterocycles. The third kappa shape index (κ3) is 3.15. The largest absolute Gasteiger partial charge is 0.294 e. The van der Waals surface area contributed by atoms with Crippen LogP contribution in [0.15, 0.2) is 121 Å². The third-order valence-electron chi connectivity index (χ3n) is 9.06. The molecule has 0 aliphatic heterocycles. The smallest absolute Gasteiger partial charge is 0.137 e. The normalized spacial score (nSPS) is 13.8. The first-order chi connectivity index (χ1) is 20.1. The van der Waals surface area contributed by atoms with Crippen molar-refractivity contribution in [1.29, 1.82) is 0 Å². The van der Waals surface area contributed by atoms with Gasteiger partial charge in [-0.05, 0) is 70.3 Å². The maximum Gasteiger partial charge on any atom is 0.137 e. The van der Waals surface area contributed by atoms with E-state index in [1.165, 1.54) is 69.8 Å². The van der Waals surface area contributed by atoms with Crippen molar-refractivity contribution >= 4 is 53.3 Å². The van der Waals surface area contributed by atoms with Crippen molar-refractivity contribution < 1.29 is 0 Å². The van der Waals surface area contributed by atoms with E-state index in [-0.39, 0.29) is 5.41 Å². The molecule has 0 bridgehead atoms. The van der Waals surface area contributed by atoms with Gasteiger partial charge in [0.05, 0.1) is 11.0 Å². The highest BCUT2D eigenvalue weighted by Crippen LogP contribution is 2.49. The SMILES string of the molecule is CC1(C)c2ccccc2-c2cc(-c3ccc(-n4c5ccccc5c5cc6c(cc54)sc4ccccc46)nc3)ccc21. The van der Waals surface area contributed by atoms with Gasteiger partial charge in [-0.25, -0.2) is 4.98 Å². The molecule has 2 nitrogen and oxygen atoms in total. The predicted octanol–water partition coefficient (Wildman–Crippen LogP) is 10.5. The molecule has 41 heavy (non-hydrogen) atoms. The molecule has 194 valence electrons. The van der Waals surface area contributed by atoms with Gasteiger partial charge in [0, 0.05) is 48.1 Å². The van der Waals surface area contributed by atoms with Crippen LogP contribution in [0.2, 0.25) is 0 Å². The van der Waals surface area contributed by atoms with Gasteiger partial charge in [-0.15, -0.1) is 11.3 Å². The van der Waals surface area contributed by atoms with Crippen LogP contribution in [0.3, 0.4) is 0 Å². The van der Waals surface area contributed by atoms with Crippen LogP contribution < -0.4 is 0 Å². The molecule has 0 radical (unpaired) electrons. The van der Waals surface area contributed by atoms with E-state index in [0.29, 0.717) is 0 Å². The summed E-state index contributed by atoms with van der Waals surface area (Å²) < 4.78 is 4.95. The highest BCUT2D eigenvalue weighted by molar-refractivity contribution is 7.25. The molecule has 0 saturated heterocycles. The minimum atomic E-state index is 0.0168. The monoisotopic (exact) mass is 542 g/mol. The fourth-order valence-corrected chi connectivity index (χ4v) is 8.14. The zero-order valence-electron chi connectivity index (χ0n) is 22.8. The van der Waals surface area contributed by atoms with E-state index >= 15 is 0 Å². The first kappa shape index (κ1) is 23.0.